The van der Waals surface area contributed by atoms with Crippen LogP contribution in [0.3, 0.4) is 0 Å². The Balaban J connectivity index is 0.00000152. The molecule has 0 fully saturated rings. The van der Waals surface area contributed by atoms with Gasteiger partial charge in [-0.15, -0.1) is 0 Å². The fourth-order valence-electron chi connectivity index (χ4n) is 3.09. The molecule has 8 heteroatoms. The van der Waals surface area contributed by atoms with E-state index in [4.69, 9.17) is 17.2 Å². The summed E-state index contributed by atoms with van der Waals surface area (Å²) < 4.78 is 0. The molecule has 1 aromatic rings. The van der Waals surface area contributed by atoms with Gasteiger partial charge in [0.1, 0.15) is 11.9 Å². The molecule has 1 aromatic carbocycles. The SMILES string of the molecule is C=C(C)C(C)N=C(N)CNC(=O)C(C)NC(=CCC)CCCCc1ccccc1.CCCN=C(N)N. The average molecular weight is 500 g/mol. The number of nitrogens with one attached hydrogen (secondary N) is 2. The number of amidine groups is 1. The topological polar surface area (TPSA) is 144 Å². The van der Waals surface area contributed by atoms with E-state index in [9.17, 15) is 4.79 Å². The summed E-state index contributed by atoms with van der Waals surface area (Å²) in [5, 5.41) is 6.20. The molecule has 0 aliphatic rings. The van der Waals surface area contributed by atoms with Gasteiger partial charge in [0, 0.05) is 12.2 Å². The van der Waals surface area contributed by atoms with Gasteiger partial charge in [-0.3, -0.25) is 14.8 Å². The van der Waals surface area contributed by atoms with Crippen LogP contribution in [0.5, 0.6) is 0 Å². The number of carbonyl (C=O) groups is 1. The first-order chi connectivity index (χ1) is 17.1. The molecule has 36 heavy (non-hydrogen) atoms. The van der Waals surface area contributed by atoms with Gasteiger partial charge < -0.3 is 27.8 Å². The first-order valence-corrected chi connectivity index (χ1v) is 12.9. The second kappa shape index (κ2) is 20.0. The molecule has 0 aromatic heterocycles. The van der Waals surface area contributed by atoms with Gasteiger partial charge in [-0.1, -0.05) is 62.4 Å². The zero-order valence-electron chi connectivity index (χ0n) is 23.0. The molecular formula is C28H49N7O. The van der Waals surface area contributed by atoms with Crippen molar-refractivity contribution in [3.05, 3.63) is 59.8 Å². The molecule has 0 saturated heterocycles. The monoisotopic (exact) mass is 499 g/mol. The third kappa shape index (κ3) is 17.2. The van der Waals surface area contributed by atoms with Crippen LogP contribution in [0, 0.1) is 0 Å². The van der Waals surface area contributed by atoms with Crippen molar-refractivity contribution in [3.8, 4) is 0 Å². The highest BCUT2D eigenvalue weighted by Crippen LogP contribution is 2.11. The number of amides is 1. The van der Waals surface area contributed by atoms with Crippen LogP contribution >= 0.6 is 0 Å². The Bertz CT molecular complexity index is 843. The standard InChI is InChI=1S/C24H38N4O.C4H11N3/c1-6-12-22(16-11-10-15-21-13-8-7-9-14-21)27-20(5)24(29)26-17-23(25)28-19(4)18(2)3;1-2-3-7-4(5)6/h7-9,12-14,19-20,27H,2,6,10-11,15-17H2,1,3-5H3,(H2,25,28)(H,26,29);2-3H2,1H3,(H4,5,6,7). The normalized spacial score (nSPS) is 13.0. The summed E-state index contributed by atoms with van der Waals surface area (Å²) in [6, 6.07) is 10.2. The lowest BCUT2D eigenvalue weighted by molar-refractivity contribution is -0.122. The van der Waals surface area contributed by atoms with Crippen molar-refractivity contribution in [2.75, 3.05) is 13.1 Å². The van der Waals surface area contributed by atoms with Crippen molar-refractivity contribution in [3.63, 3.8) is 0 Å². The highest BCUT2D eigenvalue weighted by Gasteiger charge is 2.14. The van der Waals surface area contributed by atoms with E-state index in [0.717, 1.165) is 56.3 Å². The second-order valence-corrected chi connectivity index (χ2v) is 8.86. The van der Waals surface area contributed by atoms with Gasteiger partial charge in [-0.25, -0.2) is 0 Å². The van der Waals surface area contributed by atoms with Gasteiger partial charge in [-0.2, -0.15) is 0 Å². The minimum absolute atomic E-state index is 0.0440. The Labute approximate surface area is 218 Å². The molecule has 0 bridgehead atoms. The van der Waals surface area contributed by atoms with Crippen LogP contribution < -0.4 is 27.8 Å². The van der Waals surface area contributed by atoms with Crippen molar-refractivity contribution in [1.82, 2.24) is 10.6 Å². The maximum Gasteiger partial charge on any atom is 0.242 e. The number of nitrogens with two attached hydrogens (primary N) is 3. The first kappa shape index (κ1) is 32.7. The second-order valence-electron chi connectivity index (χ2n) is 8.86. The highest BCUT2D eigenvalue weighted by atomic mass is 16.2. The molecule has 0 spiro atoms. The van der Waals surface area contributed by atoms with Crippen molar-refractivity contribution in [2.24, 2.45) is 27.2 Å². The molecule has 0 heterocycles. The van der Waals surface area contributed by atoms with Crippen LogP contribution in [0.15, 0.2) is 64.2 Å². The van der Waals surface area contributed by atoms with Crippen LogP contribution in [0.2, 0.25) is 0 Å². The smallest absolute Gasteiger partial charge is 0.242 e. The van der Waals surface area contributed by atoms with Crippen LogP contribution in [0.1, 0.15) is 72.3 Å². The largest absolute Gasteiger partial charge is 0.386 e. The predicted octanol–water partition coefficient (Wildman–Crippen LogP) is 3.78. The number of aliphatic imine (C=N–C) groups is 2. The number of hydrogen-bond donors (Lipinski definition) is 5. The molecule has 0 aliphatic heterocycles. The van der Waals surface area contributed by atoms with E-state index >= 15 is 0 Å². The Morgan fingerprint density at radius 3 is 2.31 bits per heavy atom. The number of guanidine groups is 1. The summed E-state index contributed by atoms with van der Waals surface area (Å²) in [5.41, 5.74) is 19.3. The molecule has 0 radical (unpaired) electrons. The minimum atomic E-state index is -0.326. The Morgan fingerprint density at radius 1 is 1.11 bits per heavy atom. The van der Waals surface area contributed by atoms with Crippen LogP contribution in [0.25, 0.3) is 0 Å². The van der Waals surface area contributed by atoms with E-state index in [-0.39, 0.29) is 30.5 Å². The van der Waals surface area contributed by atoms with Crippen LogP contribution in [-0.4, -0.2) is 42.9 Å². The first-order valence-electron chi connectivity index (χ1n) is 12.9. The molecule has 2 unspecified atom stereocenters. The van der Waals surface area contributed by atoms with Crippen molar-refractivity contribution in [2.45, 2.75) is 85.2 Å². The minimum Gasteiger partial charge on any atom is -0.386 e. The lowest BCUT2D eigenvalue weighted by Gasteiger charge is -2.18. The van der Waals surface area contributed by atoms with Crippen LogP contribution in [0.4, 0.5) is 0 Å². The summed E-state index contributed by atoms with van der Waals surface area (Å²) in [7, 11) is 0. The van der Waals surface area contributed by atoms with Gasteiger partial charge >= 0.3 is 0 Å². The quantitative estimate of drug-likeness (QED) is 0.108. The molecule has 2 atom stereocenters. The molecule has 0 aliphatic carbocycles. The number of benzene rings is 1. The molecule has 1 rings (SSSR count). The summed E-state index contributed by atoms with van der Waals surface area (Å²) in [6.07, 6.45) is 8.33. The number of rotatable bonds is 15. The number of carbonyl (C=O) groups excluding carboxylic acids is 1. The molecule has 0 saturated carbocycles. The molecule has 1 amide bonds. The average Bonchev–Trinajstić information content (AvgIpc) is 2.84. The third-order valence-electron chi connectivity index (χ3n) is 5.28. The van der Waals surface area contributed by atoms with Gasteiger partial charge in [0.05, 0.1) is 12.6 Å². The summed E-state index contributed by atoms with van der Waals surface area (Å²) in [6.45, 7) is 14.7. The molecule has 8 nitrogen and oxygen atoms in total. The van der Waals surface area contributed by atoms with Crippen molar-refractivity contribution < 1.29 is 4.79 Å². The maximum absolute atomic E-state index is 12.4. The van der Waals surface area contributed by atoms with E-state index in [1.165, 1.54) is 5.56 Å². The van der Waals surface area contributed by atoms with Crippen LogP contribution in [-0.2, 0) is 11.2 Å². The lowest BCUT2D eigenvalue weighted by atomic mass is 10.1. The molecular weight excluding hydrogens is 450 g/mol. The Morgan fingerprint density at radius 2 is 1.78 bits per heavy atom. The van der Waals surface area contributed by atoms with Crippen molar-refractivity contribution >= 4 is 17.7 Å². The van der Waals surface area contributed by atoms with E-state index in [2.05, 4.69) is 64.5 Å². The third-order valence-corrected chi connectivity index (χ3v) is 5.28. The fraction of sp³-hybridized carbons (Fsp3) is 0.536. The fourth-order valence-corrected chi connectivity index (χ4v) is 3.09. The number of allylic oxidation sites excluding steroid dienone is 2. The summed E-state index contributed by atoms with van der Waals surface area (Å²) in [4.78, 5) is 20.4. The van der Waals surface area contributed by atoms with Crippen molar-refractivity contribution in [1.29, 1.82) is 0 Å². The molecule has 202 valence electrons. The summed E-state index contributed by atoms with van der Waals surface area (Å²) in [5.74, 6) is 0.505. The van der Waals surface area contributed by atoms with E-state index in [1.807, 2.05) is 33.8 Å². The van der Waals surface area contributed by atoms with Gasteiger partial charge in [0.15, 0.2) is 5.96 Å². The van der Waals surface area contributed by atoms with Gasteiger partial charge in [0.2, 0.25) is 5.91 Å². The number of nitrogens with zero attached hydrogens (tertiary/aromatic N) is 2. The maximum atomic E-state index is 12.4. The number of hydrogen-bond acceptors (Lipinski definition) is 4. The Kier molecular flexibility index (Phi) is 18.1. The number of aryl methyl sites for hydroxylation is 1. The highest BCUT2D eigenvalue weighted by molar-refractivity contribution is 5.89. The zero-order chi connectivity index (χ0) is 27.3. The van der Waals surface area contributed by atoms with E-state index in [1.54, 1.807) is 0 Å². The molecule has 8 N–H and O–H groups in total. The zero-order valence-corrected chi connectivity index (χ0v) is 23.0. The van der Waals surface area contributed by atoms with E-state index in [0.29, 0.717) is 5.84 Å². The lowest BCUT2D eigenvalue weighted by Crippen LogP contribution is -2.44. The number of unbranched alkanes of at least 4 members (excludes halogenated alkanes) is 1. The van der Waals surface area contributed by atoms with Gasteiger partial charge in [0.25, 0.3) is 0 Å². The van der Waals surface area contributed by atoms with Gasteiger partial charge in [-0.05, 0) is 64.9 Å². The Hall–Kier alpha value is -3.29. The summed E-state index contributed by atoms with van der Waals surface area (Å²) >= 11 is 0. The predicted molar refractivity (Wildman–Crippen MR) is 155 cm³/mol. The van der Waals surface area contributed by atoms with E-state index < -0.39 is 0 Å².